The number of hydrogen-bond acceptors (Lipinski definition) is 4. The topological polar surface area (TPSA) is 75.3 Å². The molecular weight excluding hydrogens is 436 g/mol. The summed E-state index contributed by atoms with van der Waals surface area (Å²) in [5.74, 6) is 1.85. The van der Waals surface area contributed by atoms with Crippen molar-refractivity contribution < 1.29 is 8.91 Å². The summed E-state index contributed by atoms with van der Waals surface area (Å²) >= 11 is 0. The van der Waals surface area contributed by atoms with Gasteiger partial charge in [-0.15, -0.1) is 24.0 Å². The van der Waals surface area contributed by atoms with Gasteiger partial charge in [0, 0.05) is 19.5 Å². The zero-order chi connectivity index (χ0) is 17.4. The van der Waals surface area contributed by atoms with Crippen molar-refractivity contribution in [1.29, 1.82) is 0 Å². The molecule has 0 aliphatic heterocycles. The van der Waals surface area contributed by atoms with Crippen LogP contribution in [0.3, 0.4) is 0 Å². The van der Waals surface area contributed by atoms with Gasteiger partial charge in [-0.2, -0.15) is 4.98 Å². The third-order valence-corrected chi connectivity index (χ3v) is 3.42. The van der Waals surface area contributed by atoms with Crippen LogP contribution in [0.25, 0.3) is 0 Å². The quantitative estimate of drug-likeness (QED) is 0.287. The Balaban J connectivity index is 0.00000312. The molecule has 0 fully saturated rings. The first-order valence-corrected chi connectivity index (χ1v) is 8.15. The fourth-order valence-corrected chi connectivity index (χ4v) is 2.21. The number of benzene rings is 1. The molecule has 1 aromatic heterocycles. The Labute approximate surface area is 164 Å². The van der Waals surface area contributed by atoms with Crippen LogP contribution < -0.4 is 10.6 Å². The highest BCUT2D eigenvalue weighted by Crippen LogP contribution is 2.10. The Morgan fingerprint density at radius 2 is 2.08 bits per heavy atom. The highest BCUT2D eigenvalue weighted by molar-refractivity contribution is 14.0. The van der Waals surface area contributed by atoms with Gasteiger partial charge in [-0.3, -0.25) is 0 Å². The summed E-state index contributed by atoms with van der Waals surface area (Å²) in [7, 11) is 0. The number of guanidine groups is 1. The zero-order valence-electron chi connectivity index (χ0n) is 14.8. The molecule has 0 radical (unpaired) electrons. The van der Waals surface area contributed by atoms with E-state index in [-0.39, 0.29) is 29.8 Å². The van der Waals surface area contributed by atoms with Crippen molar-refractivity contribution in [2.45, 2.75) is 40.2 Å². The maximum atomic E-state index is 13.3. The fourth-order valence-electron chi connectivity index (χ4n) is 2.21. The summed E-state index contributed by atoms with van der Waals surface area (Å²) in [6, 6.07) is 5.06. The van der Waals surface area contributed by atoms with Gasteiger partial charge in [0.1, 0.15) is 5.82 Å². The number of nitrogens with zero attached hydrogens (tertiary/aromatic N) is 3. The van der Waals surface area contributed by atoms with Gasteiger partial charge in [-0.25, -0.2) is 9.38 Å². The van der Waals surface area contributed by atoms with Crippen molar-refractivity contribution in [2.75, 3.05) is 13.1 Å². The highest BCUT2D eigenvalue weighted by Gasteiger charge is 2.03. The average molecular weight is 461 g/mol. The minimum atomic E-state index is -0.191. The lowest BCUT2D eigenvalue weighted by Gasteiger charge is -2.11. The Bertz CT molecular complexity index is 689. The maximum Gasteiger partial charge on any atom is 0.226 e. The molecular formula is C17H25FIN5O. The van der Waals surface area contributed by atoms with Crippen LogP contribution >= 0.6 is 24.0 Å². The van der Waals surface area contributed by atoms with Gasteiger partial charge >= 0.3 is 0 Å². The van der Waals surface area contributed by atoms with Gasteiger partial charge in [0.25, 0.3) is 0 Å². The van der Waals surface area contributed by atoms with Crippen LogP contribution in [-0.2, 0) is 13.0 Å². The number of rotatable bonds is 7. The summed E-state index contributed by atoms with van der Waals surface area (Å²) in [5, 5.41) is 10.2. The Hall–Kier alpha value is -1.71. The molecule has 0 unspecified atom stereocenters. The molecule has 0 atom stereocenters. The third-order valence-electron chi connectivity index (χ3n) is 3.42. The van der Waals surface area contributed by atoms with E-state index in [9.17, 15) is 4.39 Å². The number of nitrogens with one attached hydrogen (secondary N) is 2. The molecule has 1 heterocycles. The number of halogens is 2. The van der Waals surface area contributed by atoms with Crippen LogP contribution in [0.2, 0.25) is 0 Å². The van der Waals surface area contributed by atoms with Gasteiger partial charge in [0.15, 0.2) is 11.8 Å². The van der Waals surface area contributed by atoms with E-state index in [2.05, 4.69) is 25.8 Å². The summed E-state index contributed by atoms with van der Waals surface area (Å²) in [6.45, 7) is 7.59. The summed E-state index contributed by atoms with van der Waals surface area (Å²) in [4.78, 5) is 8.70. The Kier molecular flexibility index (Phi) is 9.40. The first-order chi connectivity index (χ1) is 11.6. The summed E-state index contributed by atoms with van der Waals surface area (Å²) in [6.07, 6.45) is 1.59. The molecule has 2 N–H and O–H groups in total. The molecule has 0 aliphatic rings. The number of aryl methyl sites for hydroxylation is 3. The monoisotopic (exact) mass is 461 g/mol. The van der Waals surface area contributed by atoms with Crippen molar-refractivity contribution in [1.82, 2.24) is 20.8 Å². The molecule has 8 heteroatoms. The predicted octanol–water partition coefficient (Wildman–Crippen LogP) is 3.13. The van der Waals surface area contributed by atoms with E-state index < -0.39 is 0 Å². The lowest BCUT2D eigenvalue weighted by Crippen LogP contribution is -2.37. The predicted molar refractivity (Wildman–Crippen MR) is 107 cm³/mol. The summed E-state index contributed by atoms with van der Waals surface area (Å²) < 4.78 is 18.4. The smallest absolute Gasteiger partial charge is 0.226 e. The first kappa shape index (κ1) is 21.3. The van der Waals surface area contributed by atoms with Crippen LogP contribution in [0.15, 0.2) is 27.7 Å². The Morgan fingerprint density at radius 1 is 1.28 bits per heavy atom. The normalized spacial score (nSPS) is 11.1. The molecule has 2 rings (SSSR count). The molecule has 2 aromatic rings. The van der Waals surface area contributed by atoms with Crippen molar-refractivity contribution in [3.8, 4) is 0 Å². The molecule has 0 saturated carbocycles. The van der Waals surface area contributed by atoms with E-state index in [4.69, 9.17) is 4.52 Å². The maximum absolute atomic E-state index is 13.3. The van der Waals surface area contributed by atoms with Crippen molar-refractivity contribution >= 4 is 29.9 Å². The molecule has 0 aliphatic carbocycles. The van der Waals surface area contributed by atoms with Crippen molar-refractivity contribution in [2.24, 2.45) is 4.99 Å². The van der Waals surface area contributed by atoms with Crippen molar-refractivity contribution in [3.63, 3.8) is 0 Å². The minimum absolute atomic E-state index is 0. The number of aliphatic imine (C=N–C) groups is 1. The highest BCUT2D eigenvalue weighted by atomic mass is 127. The molecule has 6 nitrogen and oxygen atoms in total. The second kappa shape index (κ2) is 11.0. The zero-order valence-corrected chi connectivity index (χ0v) is 17.1. The van der Waals surface area contributed by atoms with E-state index >= 15 is 0 Å². The molecule has 0 spiro atoms. The van der Waals surface area contributed by atoms with E-state index in [1.54, 1.807) is 19.9 Å². The third kappa shape index (κ3) is 7.37. The van der Waals surface area contributed by atoms with Crippen molar-refractivity contribution in [3.05, 3.63) is 46.9 Å². The lowest BCUT2D eigenvalue weighted by atomic mass is 10.1. The van der Waals surface area contributed by atoms with Gasteiger partial charge in [0.2, 0.25) is 5.89 Å². The Morgan fingerprint density at radius 3 is 2.72 bits per heavy atom. The standard InChI is InChI=1S/C17H24FN5O.HI/c1-4-19-17(20-9-5-6-16-22-13(3)23-24-16)21-11-14-7-8-15(18)12(2)10-14;/h7-8,10H,4-6,9,11H2,1-3H3,(H2,19,20,21);1H. The molecule has 0 saturated heterocycles. The first-order valence-electron chi connectivity index (χ1n) is 8.15. The van der Waals surface area contributed by atoms with Crippen LogP contribution in [-0.4, -0.2) is 29.2 Å². The van der Waals surface area contributed by atoms with Gasteiger partial charge in [-0.1, -0.05) is 17.3 Å². The van der Waals surface area contributed by atoms with Crippen LogP contribution in [0.4, 0.5) is 4.39 Å². The molecule has 25 heavy (non-hydrogen) atoms. The SMILES string of the molecule is CCNC(=NCc1ccc(F)c(C)c1)NCCCc1nc(C)no1.I. The lowest BCUT2D eigenvalue weighted by molar-refractivity contribution is 0.372. The largest absolute Gasteiger partial charge is 0.357 e. The fraction of sp³-hybridized carbons (Fsp3) is 0.471. The molecule has 138 valence electrons. The number of hydrogen-bond donors (Lipinski definition) is 2. The second-order valence-corrected chi connectivity index (χ2v) is 5.54. The average Bonchev–Trinajstić information content (AvgIpc) is 2.97. The van der Waals surface area contributed by atoms with Gasteiger partial charge in [-0.05, 0) is 44.4 Å². The second-order valence-electron chi connectivity index (χ2n) is 5.54. The summed E-state index contributed by atoms with van der Waals surface area (Å²) in [5.41, 5.74) is 1.61. The minimum Gasteiger partial charge on any atom is -0.357 e. The van der Waals surface area contributed by atoms with E-state index in [0.29, 0.717) is 23.8 Å². The van der Waals surface area contributed by atoms with Gasteiger partial charge < -0.3 is 15.2 Å². The van der Waals surface area contributed by atoms with E-state index in [1.807, 2.05) is 13.0 Å². The van der Waals surface area contributed by atoms with E-state index in [1.165, 1.54) is 6.07 Å². The van der Waals surface area contributed by atoms with Gasteiger partial charge in [0.05, 0.1) is 6.54 Å². The number of aromatic nitrogens is 2. The molecule has 0 bridgehead atoms. The van der Waals surface area contributed by atoms with Crippen LogP contribution in [0.5, 0.6) is 0 Å². The van der Waals surface area contributed by atoms with E-state index in [0.717, 1.165) is 37.5 Å². The molecule has 0 amide bonds. The van der Waals surface area contributed by atoms with Crippen LogP contribution in [0.1, 0.15) is 36.2 Å². The molecule has 1 aromatic carbocycles. The van der Waals surface area contributed by atoms with Crippen LogP contribution in [0, 0.1) is 19.7 Å².